The highest BCUT2D eigenvalue weighted by atomic mass is 16.5. The van der Waals surface area contributed by atoms with Crippen LogP contribution in [-0.4, -0.2) is 18.2 Å². The molecule has 1 aliphatic rings. The van der Waals surface area contributed by atoms with Gasteiger partial charge in [-0.3, -0.25) is 0 Å². The van der Waals surface area contributed by atoms with E-state index in [1.807, 2.05) is 0 Å². The Morgan fingerprint density at radius 3 is 2.64 bits per heavy atom. The quantitative estimate of drug-likeness (QED) is 0.660. The fourth-order valence-corrected chi connectivity index (χ4v) is 1.85. The first kappa shape index (κ1) is 9.01. The Hall–Kier alpha value is -0.0800. The summed E-state index contributed by atoms with van der Waals surface area (Å²) in [7, 11) is 0. The summed E-state index contributed by atoms with van der Waals surface area (Å²) in [6, 6.07) is 0.241. The summed E-state index contributed by atoms with van der Waals surface area (Å²) in [5, 5.41) is 0. The lowest BCUT2D eigenvalue weighted by molar-refractivity contribution is -0.00448. The van der Waals surface area contributed by atoms with E-state index in [0.717, 1.165) is 19.4 Å². The third kappa shape index (κ3) is 1.94. The van der Waals surface area contributed by atoms with Gasteiger partial charge in [-0.15, -0.1) is 0 Å². The molecule has 1 saturated heterocycles. The number of rotatable bonds is 2. The molecule has 2 N–H and O–H groups in total. The molecule has 2 heteroatoms. The van der Waals surface area contributed by atoms with Crippen molar-refractivity contribution in [1.82, 2.24) is 0 Å². The van der Waals surface area contributed by atoms with Gasteiger partial charge in [-0.1, -0.05) is 13.8 Å². The highest BCUT2D eigenvalue weighted by molar-refractivity contribution is 4.92. The zero-order chi connectivity index (χ0) is 8.48. The van der Waals surface area contributed by atoms with Crippen LogP contribution in [0.3, 0.4) is 0 Å². The largest absolute Gasteiger partial charge is 0.374 e. The molecule has 1 heterocycles. The second-order valence-electron chi connectivity index (χ2n) is 4.15. The van der Waals surface area contributed by atoms with Gasteiger partial charge in [0.1, 0.15) is 0 Å². The fraction of sp³-hybridized carbons (Fsp3) is 1.00. The lowest BCUT2D eigenvalue weighted by Gasteiger charge is -2.29. The summed E-state index contributed by atoms with van der Waals surface area (Å²) in [5.41, 5.74) is 5.89. The van der Waals surface area contributed by atoms with Crippen LogP contribution in [0.15, 0.2) is 0 Å². The van der Waals surface area contributed by atoms with Gasteiger partial charge in [0.05, 0.1) is 5.60 Å². The van der Waals surface area contributed by atoms with E-state index < -0.39 is 0 Å². The van der Waals surface area contributed by atoms with Gasteiger partial charge in [-0.2, -0.15) is 0 Å². The minimum atomic E-state index is -0.0475. The topological polar surface area (TPSA) is 35.2 Å². The Labute approximate surface area is 69.1 Å². The van der Waals surface area contributed by atoms with Crippen LogP contribution in [0.1, 0.15) is 33.6 Å². The molecule has 2 atom stereocenters. The van der Waals surface area contributed by atoms with Crippen LogP contribution in [0, 0.1) is 5.92 Å². The smallest absolute Gasteiger partial charge is 0.0807 e. The van der Waals surface area contributed by atoms with E-state index in [1.54, 1.807) is 0 Å². The second kappa shape index (κ2) is 3.11. The SMILES string of the molecule is CC(C)CC1(C)OCCC1N. The van der Waals surface area contributed by atoms with Crippen molar-refractivity contribution in [3.05, 3.63) is 0 Å². The Kier molecular flexibility index (Phi) is 2.55. The molecule has 0 aromatic rings. The molecule has 1 rings (SSSR count). The van der Waals surface area contributed by atoms with E-state index in [4.69, 9.17) is 10.5 Å². The van der Waals surface area contributed by atoms with Gasteiger partial charge in [0, 0.05) is 12.6 Å². The van der Waals surface area contributed by atoms with Crippen molar-refractivity contribution < 1.29 is 4.74 Å². The summed E-state index contributed by atoms with van der Waals surface area (Å²) >= 11 is 0. The maximum Gasteiger partial charge on any atom is 0.0807 e. The normalized spacial score (nSPS) is 38.5. The van der Waals surface area contributed by atoms with E-state index in [-0.39, 0.29) is 11.6 Å². The number of hydrogen-bond donors (Lipinski definition) is 1. The van der Waals surface area contributed by atoms with Crippen molar-refractivity contribution in [2.75, 3.05) is 6.61 Å². The number of nitrogens with two attached hydrogens (primary N) is 1. The molecule has 66 valence electrons. The van der Waals surface area contributed by atoms with Crippen molar-refractivity contribution in [3.8, 4) is 0 Å². The zero-order valence-electron chi connectivity index (χ0n) is 7.76. The molecule has 0 aromatic carbocycles. The Morgan fingerprint density at radius 1 is 1.64 bits per heavy atom. The van der Waals surface area contributed by atoms with E-state index in [2.05, 4.69) is 20.8 Å². The average molecular weight is 157 g/mol. The first-order chi connectivity index (χ1) is 5.04. The van der Waals surface area contributed by atoms with Crippen molar-refractivity contribution in [1.29, 1.82) is 0 Å². The van der Waals surface area contributed by atoms with Crippen molar-refractivity contribution in [2.24, 2.45) is 11.7 Å². The van der Waals surface area contributed by atoms with Gasteiger partial charge in [0.15, 0.2) is 0 Å². The lowest BCUT2D eigenvalue weighted by atomic mass is 9.88. The third-order valence-electron chi connectivity index (χ3n) is 2.46. The minimum absolute atomic E-state index is 0.0475. The molecule has 0 aliphatic carbocycles. The zero-order valence-corrected chi connectivity index (χ0v) is 7.76. The molecule has 11 heavy (non-hydrogen) atoms. The maximum atomic E-state index is 5.94. The summed E-state index contributed by atoms with van der Waals surface area (Å²) in [6.45, 7) is 7.38. The summed E-state index contributed by atoms with van der Waals surface area (Å²) < 4.78 is 5.64. The molecule has 2 nitrogen and oxygen atoms in total. The highest BCUT2D eigenvalue weighted by Gasteiger charge is 2.37. The summed E-state index contributed by atoms with van der Waals surface area (Å²) in [6.07, 6.45) is 2.09. The van der Waals surface area contributed by atoms with Crippen LogP contribution in [0.5, 0.6) is 0 Å². The van der Waals surface area contributed by atoms with Gasteiger partial charge in [0.2, 0.25) is 0 Å². The molecular weight excluding hydrogens is 138 g/mol. The maximum absolute atomic E-state index is 5.94. The van der Waals surface area contributed by atoms with E-state index in [9.17, 15) is 0 Å². The predicted molar refractivity (Wildman–Crippen MR) is 46.4 cm³/mol. The number of ether oxygens (including phenoxy) is 1. The van der Waals surface area contributed by atoms with Gasteiger partial charge >= 0.3 is 0 Å². The van der Waals surface area contributed by atoms with Crippen molar-refractivity contribution in [3.63, 3.8) is 0 Å². The first-order valence-corrected chi connectivity index (χ1v) is 4.44. The van der Waals surface area contributed by atoms with E-state index >= 15 is 0 Å². The van der Waals surface area contributed by atoms with Crippen molar-refractivity contribution >= 4 is 0 Å². The van der Waals surface area contributed by atoms with E-state index in [0.29, 0.717) is 5.92 Å². The van der Waals surface area contributed by atoms with Crippen molar-refractivity contribution in [2.45, 2.75) is 45.3 Å². The average Bonchev–Trinajstić information content (AvgIpc) is 2.11. The molecule has 0 radical (unpaired) electrons. The standard InChI is InChI=1S/C9H19NO/c1-7(2)6-9(3)8(10)4-5-11-9/h7-8H,4-6,10H2,1-3H3. The van der Waals surface area contributed by atoms with Gasteiger partial charge < -0.3 is 10.5 Å². The van der Waals surface area contributed by atoms with Crippen LogP contribution in [0.4, 0.5) is 0 Å². The molecule has 0 saturated carbocycles. The van der Waals surface area contributed by atoms with Gasteiger partial charge in [-0.05, 0) is 25.7 Å². The monoisotopic (exact) mass is 157 g/mol. The van der Waals surface area contributed by atoms with Crippen LogP contribution in [-0.2, 0) is 4.74 Å². The van der Waals surface area contributed by atoms with Gasteiger partial charge in [-0.25, -0.2) is 0 Å². The Morgan fingerprint density at radius 2 is 2.27 bits per heavy atom. The highest BCUT2D eigenvalue weighted by Crippen LogP contribution is 2.30. The fourth-order valence-electron chi connectivity index (χ4n) is 1.85. The van der Waals surface area contributed by atoms with Crippen LogP contribution < -0.4 is 5.73 Å². The van der Waals surface area contributed by atoms with Gasteiger partial charge in [0.25, 0.3) is 0 Å². The molecule has 0 amide bonds. The number of hydrogen-bond acceptors (Lipinski definition) is 2. The molecule has 2 unspecified atom stereocenters. The van der Waals surface area contributed by atoms with Crippen LogP contribution in [0.2, 0.25) is 0 Å². The molecule has 1 aliphatic heterocycles. The van der Waals surface area contributed by atoms with Crippen LogP contribution in [0.25, 0.3) is 0 Å². The molecule has 1 fully saturated rings. The molecule has 0 aromatic heterocycles. The molecule has 0 bridgehead atoms. The Bertz CT molecular complexity index is 136. The second-order valence-corrected chi connectivity index (χ2v) is 4.15. The minimum Gasteiger partial charge on any atom is -0.374 e. The summed E-state index contributed by atoms with van der Waals surface area (Å²) in [5.74, 6) is 0.671. The predicted octanol–water partition coefficient (Wildman–Crippen LogP) is 1.54. The lowest BCUT2D eigenvalue weighted by Crippen LogP contribution is -2.42. The first-order valence-electron chi connectivity index (χ1n) is 4.44. The molecular formula is C9H19NO. The van der Waals surface area contributed by atoms with Crippen LogP contribution >= 0.6 is 0 Å². The summed E-state index contributed by atoms with van der Waals surface area (Å²) in [4.78, 5) is 0. The molecule has 0 spiro atoms. The third-order valence-corrected chi connectivity index (χ3v) is 2.46. The Balaban J connectivity index is 2.51. The van der Waals surface area contributed by atoms with E-state index in [1.165, 1.54) is 0 Å².